The molecular weight excluding hydrogens is 346 g/mol. The van der Waals surface area contributed by atoms with Crippen LogP contribution in [0.1, 0.15) is 24.2 Å². The van der Waals surface area contributed by atoms with Gasteiger partial charge in [-0.05, 0) is 36.8 Å². The standard InChI is InChI=1S/C19H20F2O5/c1-11(14-6-5-13(20)10-15(14)21)26-18(22)9-12-7-16(23-2)19(25-4)17(8-12)24-3/h5-8,10-11H,9H2,1-4H3. The van der Waals surface area contributed by atoms with Gasteiger partial charge in [0, 0.05) is 11.6 Å². The minimum absolute atomic E-state index is 0.0795. The average molecular weight is 366 g/mol. The molecule has 0 heterocycles. The van der Waals surface area contributed by atoms with Crippen molar-refractivity contribution in [2.24, 2.45) is 0 Å². The quantitative estimate of drug-likeness (QED) is 0.697. The summed E-state index contributed by atoms with van der Waals surface area (Å²) in [7, 11) is 4.42. The van der Waals surface area contributed by atoms with Crippen LogP contribution in [0.15, 0.2) is 30.3 Å². The topological polar surface area (TPSA) is 54.0 Å². The zero-order chi connectivity index (χ0) is 19.3. The molecule has 0 aromatic heterocycles. The molecular formula is C19H20F2O5. The maximum atomic E-state index is 13.8. The fraction of sp³-hybridized carbons (Fsp3) is 0.316. The smallest absolute Gasteiger partial charge is 0.310 e. The summed E-state index contributed by atoms with van der Waals surface area (Å²) < 4.78 is 47.7. The fourth-order valence-corrected chi connectivity index (χ4v) is 2.54. The number of hydrogen-bond acceptors (Lipinski definition) is 5. The third-order valence-corrected chi connectivity index (χ3v) is 3.78. The van der Waals surface area contributed by atoms with Gasteiger partial charge in [-0.1, -0.05) is 0 Å². The van der Waals surface area contributed by atoms with Crippen molar-refractivity contribution in [3.63, 3.8) is 0 Å². The van der Waals surface area contributed by atoms with Crippen molar-refractivity contribution in [3.8, 4) is 17.2 Å². The molecule has 0 fully saturated rings. The second-order valence-electron chi connectivity index (χ2n) is 5.51. The zero-order valence-corrected chi connectivity index (χ0v) is 15.0. The Bertz CT molecular complexity index is 766. The molecule has 0 amide bonds. The molecule has 2 aromatic carbocycles. The largest absolute Gasteiger partial charge is 0.493 e. The van der Waals surface area contributed by atoms with Crippen LogP contribution in [-0.2, 0) is 16.0 Å². The van der Waals surface area contributed by atoms with E-state index in [1.54, 1.807) is 12.1 Å². The highest BCUT2D eigenvalue weighted by Gasteiger charge is 2.19. The predicted octanol–water partition coefficient (Wildman–Crippen LogP) is 3.84. The van der Waals surface area contributed by atoms with Crippen LogP contribution in [0.3, 0.4) is 0 Å². The number of hydrogen-bond donors (Lipinski definition) is 0. The second kappa shape index (κ2) is 8.51. The summed E-state index contributed by atoms with van der Waals surface area (Å²) in [5, 5.41) is 0. The van der Waals surface area contributed by atoms with Crippen LogP contribution in [0.5, 0.6) is 17.2 Å². The third-order valence-electron chi connectivity index (χ3n) is 3.78. The van der Waals surface area contributed by atoms with Crippen molar-refractivity contribution in [2.45, 2.75) is 19.4 Å². The normalized spacial score (nSPS) is 11.6. The van der Waals surface area contributed by atoms with E-state index in [0.29, 0.717) is 22.8 Å². The van der Waals surface area contributed by atoms with Gasteiger partial charge in [0.15, 0.2) is 11.5 Å². The first-order valence-electron chi connectivity index (χ1n) is 7.82. The summed E-state index contributed by atoms with van der Waals surface area (Å²) >= 11 is 0. The molecule has 0 N–H and O–H groups in total. The summed E-state index contributed by atoms with van der Waals surface area (Å²) in [6, 6.07) is 6.38. The molecule has 5 nitrogen and oxygen atoms in total. The number of carbonyl (C=O) groups excluding carboxylic acids is 1. The first-order valence-corrected chi connectivity index (χ1v) is 7.82. The first-order chi connectivity index (χ1) is 12.4. The molecule has 2 aromatic rings. The molecule has 140 valence electrons. The number of benzene rings is 2. The average Bonchev–Trinajstić information content (AvgIpc) is 2.60. The van der Waals surface area contributed by atoms with Crippen LogP contribution in [-0.4, -0.2) is 27.3 Å². The summed E-state index contributed by atoms with van der Waals surface area (Å²) in [5.74, 6) is -0.802. The number of rotatable bonds is 7. The fourth-order valence-electron chi connectivity index (χ4n) is 2.54. The SMILES string of the molecule is COc1cc(CC(=O)OC(C)c2ccc(F)cc2F)cc(OC)c1OC. The Morgan fingerprint density at radius 3 is 2.12 bits per heavy atom. The van der Waals surface area contributed by atoms with E-state index >= 15 is 0 Å². The Morgan fingerprint density at radius 1 is 1.00 bits per heavy atom. The Morgan fingerprint density at radius 2 is 1.62 bits per heavy atom. The number of ether oxygens (including phenoxy) is 4. The van der Waals surface area contributed by atoms with E-state index in [1.165, 1.54) is 34.3 Å². The van der Waals surface area contributed by atoms with Gasteiger partial charge in [-0.25, -0.2) is 8.78 Å². The highest BCUT2D eigenvalue weighted by Crippen LogP contribution is 2.38. The van der Waals surface area contributed by atoms with Crippen LogP contribution in [0.25, 0.3) is 0 Å². The van der Waals surface area contributed by atoms with E-state index in [-0.39, 0.29) is 12.0 Å². The lowest BCUT2D eigenvalue weighted by Gasteiger charge is -2.16. The van der Waals surface area contributed by atoms with Gasteiger partial charge in [-0.2, -0.15) is 0 Å². The first kappa shape index (κ1) is 19.5. The van der Waals surface area contributed by atoms with Crippen LogP contribution < -0.4 is 14.2 Å². The van der Waals surface area contributed by atoms with Gasteiger partial charge >= 0.3 is 5.97 Å². The highest BCUT2D eigenvalue weighted by atomic mass is 19.1. The van der Waals surface area contributed by atoms with E-state index in [0.717, 1.165) is 12.1 Å². The van der Waals surface area contributed by atoms with E-state index in [2.05, 4.69) is 0 Å². The molecule has 0 radical (unpaired) electrons. The molecule has 0 bridgehead atoms. The summed E-state index contributed by atoms with van der Waals surface area (Å²) in [5.41, 5.74) is 0.681. The minimum atomic E-state index is -0.856. The molecule has 7 heteroatoms. The lowest BCUT2D eigenvalue weighted by Crippen LogP contribution is -2.13. The molecule has 1 atom stereocenters. The maximum absolute atomic E-state index is 13.8. The molecule has 26 heavy (non-hydrogen) atoms. The predicted molar refractivity (Wildman–Crippen MR) is 90.7 cm³/mol. The van der Waals surface area contributed by atoms with E-state index < -0.39 is 23.7 Å². The Kier molecular flexibility index (Phi) is 6.38. The molecule has 0 aliphatic heterocycles. The van der Waals surface area contributed by atoms with Crippen LogP contribution in [0.4, 0.5) is 8.78 Å². The zero-order valence-electron chi connectivity index (χ0n) is 15.0. The van der Waals surface area contributed by atoms with Crippen molar-refractivity contribution in [3.05, 3.63) is 53.1 Å². The van der Waals surface area contributed by atoms with E-state index in [1.807, 2.05) is 0 Å². The van der Waals surface area contributed by atoms with Crippen molar-refractivity contribution < 1.29 is 32.5 Å². The molecule has 1 unspecified atom stereocenters. The van der Waals surface area contributed by atoms with Gasteiger partial charge in [-0.15, -0.1) is 0 Å². The van der Waals surface area contributed by atoms with E-state index in [4.69, 9.17) is 18.9 Å². The van der Waals surface area contributed by atoms with Gasteiger partial charge in [-0.3, -0.25) is 4.79 Å². The monoisotopic (exact) mass is 366 g/mol. The number of halogens is 2. The Labute approximate surface area is 150 Å². The lowest BCUT2D eigenvalue weighted by molar-refractivity contribution is -0.147. The third kappa shape index (κ3) is 4.41. The van der Waals surface area contributed by atoms with Crippen LogP contribution in [0, 0.1) is 11.6 Å². The van der Waals surface area contributed by atoms with Crippen molar-refractivity contribution >= 4 is 5.97 Å². The molecule has 2 rings (SSSR count). The Hall–Kier alpha value is -2.83. The lowest BCUT2D eigenvalue weighted by atomic mass is 10.1. The summed E-state index contributed by atoms with van der Waals surface area (Å²) in [6.07, 6.45) is -0.936. The van der Waals surface area contributed by atoms with Crippen molar-refractivity contribution in [1.82, 2.24) is 0 Å². The summed E-state index contributed by atoms with van der Waals surface area (Å²) in [6.45, 7) is 1.52. The van der Waals surface area contributed by atoms with Gasteiger partial charge < -0.3 is 18.9 Å². The molecule has 0 aliphatic rings. The number of esters is 1. The number of carbonyl (C=O) groups is 1. The number of methoxy groups -OCH3 is 3. The second-order valence-corrected chi connectivity index (χ2v) is 5.51. The Balaban J connectivity index is 2.14. The van der Waals surface area contributed by atoms with Crippen LogP contribution in [0.2, 0.25) is 0 Å². The van der Waals surface area contributed by atoms with Gasteiger partial charge in [0.2, 0.25) is 5.75 Å². The van der Waals surface area contributed by atoms with E-state index in [9.17, 15) is 13.6 Å². The molecule has 0 spiro atoms. The van der Waals surface area contributed by atoms with Crippen LogP contribution >= 0.6 is 0 Å². The van der Waals surface area contributed by atoms with Gasteiger partial charge in [0.05, 0.1) is 27.8 Å². The maximum Gasteiger partial charge on any atom is 0.310 e. The highest BCUT2D eigenvalue weighted by molar-refractivity contribution is 5.74. The minimum Gasteiger partial charge on any atom is -0.493 e. The van der Waals surface area contributed by atoms with Crippen molar-refractivity contribution in [1.29, 1.82) is 0 Å². The molecule has 0 saturated carbocycles. The molecule has 0 aliphatic carbocycles. The van der Waals surface area contributed by atoms with Gasteiger partial charge in [0.25, 0.3) is 0 Å². The molecule has 0 saturated heterocycles. The van der Waals surface area contributed by atoms with Gasteiger partial charge in [0.1, 0.15) is 17.7 Å². The van der Waals surface area contributed by atoms with Crippen molar-refractivity contribution in [2.75, 3.05) is 21.3 Å². The summed E-state index contributed by atoms with van der Waals surface area (Å²) in [4.78, 5) is 12.2.